The van der Waals surface area contributed by atoms with E-state index >= 15 is 0 Å². The molecule has 0 amide bonds. The maximum Gasteiger partial charge on any atom is 0.193 e. The van der Waals surface area contributed by atoms with Gasteiger partial charge in [0.05, 0.1) is 13.2 Å². The number of aliphatic imine (C=N–C) groups is 1. The van der Waals surface area contributed by atoms with Crippen molar-refractivity contribution in [3.8, 4) is 0 Å². The second-order valence-corrected chi connectivity index (χ2v) is 6.24. The fourth-order valence-corrected chi connectivity index (χ4v) is 3.30. The highest BCUT2D eigenvalue weighted by molar-refractivity contribution is 5.80. The maximum absolute atomic E-state index is 5.44. The van der Waals surface area contributed by atoms with Crippen LogP contribution in [0.1, 0.15) is 25.7 Å². The molecule has 0 spiro atoms. The van der Waals surface area contributed by atoms with Crippen LogP contribution in [0.3, 0.4) is 0 Å². The van der Waals surface area contributed by atoms with Gasteiger partial charge in [0, 0.05) is 45.8 Å². The van der Waals surface area contributed by atoms with Gasteiger partial charge in [-0.15, -0.1) is 0 Å². The Bertz CT molecular complexity index is 337. The van der Waals surface area contributed by atoms with Crippen LogP contribution < -0.4 is 5.32 Å². The highest BCUT2D eigenvalue weighted by atomic mass is 16.5. The molecule has 2 saturated heterocycles. The summed E-state index contributed by atoms with van der Waals surface area (Å²) in [5.41, 5.74) is 0. The first-order chi connectivity index (χ1) is 9.86. The molecule has 2 aliphatic heterocycles. The van der Waals surface area contributed by atoms with E-state index in [9.17, 15) is 0 Å². The number of hydrogen-bond acceptors (Lipinski definition) is 3. The molecule has 2 heterocycles. The molecule has 114 valence electrons. The number of hydrogen-bond donors (Lipinski definition) is 1. The number of nitrogens with zero attached hydrogens (tertiary/aromatic N) is 3. The fraction of sp³-hybridized carbons (Fsp3) is 0.933. The van der Waals surface area contributed by atoms with Gasteiger partial charge in [-0.25, -0.2) is 0 Å². The quantitative estimate of drug-likeness (QED) is 0.610. The van der Waals surface area contributed by atoms with Gasteiger partial charge in [-0.05, 0) is 18.8 Å². The van der Waals surface area contributed by atoms with Crippen LogP contribution in [0.2, 0.25) is 0 Å². The Kier molecular flexibility index (Phi) is 4.78. The Hall–Kier alpha value is -0.810. The molecule has 1 saturated carbocycles. The summed E-state index contributed by atoms with van der Waals surface area (Å²) in [6, 6.07) is 0.681. The average Bonchev–Trinajstić information content (AvgIpc) is 3.19. The van der Waals surface area contributed by atoms with Crippen molar-refractivity contribution in [1.29, 1.82) is 0 Å². The summed E-state index contributed by atoms with van der Waals surface area (Å²) in [6.45, 7) is 7.29. The van der Waals surface area contributed by atoms with Crippen molar-refractivity contribution < 1.29 is 4.74 Å². The lowest BCUT2D eigenvalue weighted by atomic mass is 10.2. The molecule has 3 fully saturated rings. The Morgan fingerprint density at radius 2 is 2.00 bits per heavy atom. The highest BCUT2D eigenvalue weighted by Crippen LogP contribution is 2.31. The Balaban J connectivity index is 1.44. The molecule has 3 aliphatic rings. The number of likely N-dealkylation sites (tertiary alicyclic amines) is 1. The second-order valence-electron chi connectivity index (χ2n) is 6.24. The lowest BCUT2D eigenvalue weighted by Gasteiger charge is -2.32. The lowest BCUT2D eigenvalue weighted by molar-refractivity contribution is 0.0195. The van der Waals surface area contributed by atoms with Gasteiger partial charge < -0.3 is 15.0 Å². The molecule has 0 aromatic rings. The van der Waals surface area contributed by atoms with Gasteiger partial charge in [-0.2, -0.15) is 0 Å². The molecule has 0 radical (unpaired) electrons. The first-order valence-electron chi connectivity index (χ1n) is 8.14. The smallest absolute Gasteiger partial charge is 0.193 e. The number of nitrogens with one attached hydrogen (secondary N) is 1. The summed E-state index contributed by atoms with van der Waals surface area (Å²) in [5.74, 6) is 2.08. The van der Waals surface area contributed by atoms with Crippen LogP contribution in [0.5, 0.6) is 0 Å². The minimum Gasteiger partial charge on any atom is -0.379 e. The summed E-state index contributed by atoms with van der Waals surface area (Å²) in [7, 11) is 1.90. The number of ether oxygens (including phenoxy) is 1. The van der Waals surface area contributed by atoms with Crippen LogP contribution in [-0.2, 0) is 4.74 Å². The zero-order valence-corrected chi connectivity index (χ0v) is 12.7. The Labute approximate surface area is 122 Å². The molecule has 1 N–H and O–H groups in total. The van der Waals surface area contributed by atoms with Crippen molar-refractivity contribution in [3.63, 3.8) is 0 Å². The van der Waals surface area contributed by atoms with E-state index in [1.807, 2.05) is 7.05 Å². The third-order valence-electron chi connectivity index (χ3n) is 4.77. The molecule has 0 aromatic carbocycles. The van der Waals surface area contributed by atoms with Gasteiger partial charge >= 0.3 is 0 Å². The largest absolute Gasteiger partial charge is 0.379 e. The zero-order valence-electron chi connectivity index (χ0n) is 12.7. The molecule has 5 heteroatoms. The van der Waals surface area contributed by atoms with Crippen molar-refractivity contribution in [2.75, 3.05) is 53.0 Å². The maximum atomic E-state index is 5.44. The van der Waals surface area contributed by atoms with Gasteiger partial charge in [-0.3, -0.25) is 9.89 Å². The van der Waals surface area contributed by atoms with Crippen LogP contribution >= 0.6 is 0 Å². The summed E-state index contributed by atoms with van der Waals surface area (Å²) < 4.78 is 5.44. The minimum absolute atomic E-state index is 0.681. The molecule has 0 aromatic heterocycles. The fourth-order valence-electron chi connectivity index (χ4n) is 3.30. The van der Waals surface area contributed by atoms with Crippen LogP contribution in [0.15, 0.2) is 4.99 Å². The van der Waals surface area contributed by atoms with Gasteiger partial charge in [0.15, 0.2) is 5.96 Å². The number of rotatable bonds is 4. The average molecular weight is 280 g/mol. The van der Waals surface area contributed by atoms with Crippen molar-refractivity contribution in [2.24, 2.45) is 10.9 Å². The van der Waals surface area contributed by atoms with Gasteiger partial charge in [0.25, 0.3) is 0 Å². The molecule has 1 atom stereocenters. The van der Waals surface area contributed by atoms with Crippen molar-refractivity contribution >= 4 is 5.96 Å². The predicted molar refractivity (Wildman–Crippen MR) is 81.1 cm³/mol. The Morgan fingerprint density at radius 3 is 2.70 bits per heavy atom. The number of morpholine rings is 1. The first kappa shape index (κ1) is 14.1. The third-order valence-corrected chi connectivity index (χ3v) is 4.77. The SMILES string of the molecule is CN=C(NCCC1CC1)N1CCC(N2CCOCC2)C1. The second kappa shape index (κ2) is 6.76. The molecular formula is C15H28N4O. The molecule has 20 heavy (non-hydrogen) atoms. The predicted octanol–water partition coefficient (Wildman–Crippen LogP) is 0.768. The van der Waals surface area contributed by atoms with Gasteiger partial charge in [0.2, 0.25) is 0 Å². The van der Waals surface area contributed by atoms with Gasteiger partial charge in [0.1, 0.15) is 0 Å². The monoisotopic (exact) mass is 280 g/mol. The zero-order chi connectivity index (χ0) is 13.8. The first-order valence-corrected chi connectivity index (χ1v) is 8.14. The molecule has 5 nitrogen and oxygen atoms in total. The number of guanidine groups is 1. The van der Waals surface area contributed by atoms with E-state index < -0.39 is 0 Å². The van der Waals surface area contributed by atoms with E-state index in [0.29, 0.717) is 6.04 Å². The van der Waals surface area contributed by atoms with E-state index in [0.717, 1.165) is 57.8 Å². The highest BCUT2D eigenvalue weighted by Gasteiger charge is 2.30. The van der Waals surface area contributed by atoms with E-state index in [1.165, 1.54) is 25.7 Å². The molecular weight excluding hydrogens is 252 g/mol. The van der Waals surface area contributed by atoms with E-state index in [1.54, 1.807) is 0 Å². The topological polar surface area (TPSA) is 40.1 Å². The molecule has 1 aliphatic carbocycles. The van der Waals surface area contributed by atoms with Crippen molar-refractivity contribution in [2.45, 2.75) is 31.7 Å². The summed E-state index contributed by atoms with van der Waals surface area (Å²) in [6.07, 6.45) is 5.43. The normalized spacial score (nSPS) is 28.9. The summed E-state index contributed by atoms with van der Waals surface area (Å²) in [5, 5.41) is 3.54. The summed E-state index contributed by atoms with van der Waals surface area (Å²) >= 11 is 0. The molecule has 0 bridgehead atoms. The molecule has 1 unspecified atom stereocenters. The minimum atomic E-state index is 0.681. The van der Waals surface area contributed by atoms with Crippen LogP contribution in [0, 0.1) is 5.92 Å². The van der Waals surface area contributed by atoms with E-state index in [2.05, 4.69) is 20.1 Å². The van der Waals surface area contributed by atoms with Gasteiger partial charge in [-0.1, -0.05) is 12.8 Å². The van der Waals surface area contributed by atoms with Crippen molar-refractivity contribution in [3.05, 3.63) is 0 Å². The van der Waals surface area contributed by atoms with E-state index in [-0.39, 0.29) is 0 Å². The van der Waals surface area contributed by atoms with Crippen LogP contribution in [-0.4, -0.2) is 74.8 Å². The lowest BCUT2D eigenvalue weighted by Crippen LogP contribution is -2.46. The van der Waals surface area contributed by atoms with E-state index in [4.69, 9.17) is 4.74 Å². The van der Waals surface area contributed by atoms with Crippen LogP contribution in [0.25, 0.3) is 0 Å². The van der Waals surface area contributed by atoms with Crippen LogP contribution in [0.4, 0.5) is 0 Å². The summed E-state index contributed by atoms with van der Waals surface area (Å²) in [4.78, 5) is 9.46. The third kappa shape index (κ3) is 3.64. The van der Waals surface area contributed by atoms with Crippen molar-refractivity contribution in [1.82, 2.24) is 15.1 Å². The Morgan fingerprint density at radius 1 is 1.20 bits per heavy atom. The standard InChI is InChI=1S/C15H28N4O/c1-16-15(17-6-4-13-2-3-13)19-7-5-14(12-19)18-8-10-20-11-9-18/h13-14H,2-12H2,1H3,(H,16,17). The molecule has 3 rings (SSSR count).